The number of carbonyl (C=O) groups is 1. The Morgan fingerprint density at radius 1 is 1.03 bits per heavy atom. The van der Waals surface area contributed by atoms with Crippen LogP contribution in [0.5, 0.6) is 17.2 Å². The summed E-state index contributed by atoms with van der Waals surface area (Å²) < 4.78 is 21.4. The fraction of sp³-hybridized carbons (Fsp3) is 0.318. The summed E-state index contributed by atoms with van der Waals surface area (Å²) >= 11 is 0. The average molecular weight is 409 g/mol. The van der Waals surface area contributed by atoms with Crippen molar-refractivity contribution in [3.63, 3.8) is 0 Å². The number of hydrogen-bond donors (Lipinski definition) is 0. The molecule has 4 rings (SSSR count). The van der Waals surface area contributed by atoms with Gasteiger partial charge in [-0.3, -0.25) is 4.79 Å². The number of carbonyl (C=O) groups excluding carboxylic acids is 1. The maximum absolute atomic E-state index is 12.6. The van der Waals surface area contributed by atoms with Crippen molar-refractivity contribution in [1.82, 2.24) is 15.0 Å². The van der Waals surface area contributed by atoms with Gasteiger partial charge in [0.15, 0.2) is 0 Å². The SMILES string of the molecule is COc1ccc(-c2noc(C3CC(=O)N(Cc4cc(OC)ccc4OC)C3)n2)cc1. The van der Waals surface area contributed by atoms with E-state index >= 15 is 0 Å². The number of nitrogens with zero attached hydrogens (tertiary/aromatic N) is 3. The fourth-order valence-electron chi connectivity index (χ4n) is 3.56. The molecule has 0 saturated carbocycles. The fourth-order valence-corrected chi connectivity index (χ4v) is 3.56. The Morgan fingerprint density at radius 3 is 2.47 bits per heavy atom. The molecule has 0 N–H and O–H groups in total. The van der Waals surface area contributed by atoms with Crippen LogP contribution in [0.2, 0.25) is 0 Å². The molecule has 8 heteroatoms. The maximum atomic E-state index is 12.6. The van der Waals surface area contributed by atoms with Crippen molar-refractivity contribution in [2.75, 3.05) is 27.9 Å². The van der Waals surface area contributed by atoms with Crippen LogP contribution in [0.15, 0.2) is 47.0 Å². The second kappa shape index (κ2) is 8.44. The minimum absolute atomic E-state index is 0.0362. The summed E-state index contributed by atoms with van der Waals surface area (Å²) in [5.41, 5.74) is 1.71. The lowest BCUT2D eigenvalue weighted by atomic mass is 10.1. The largest absolute Gasteiger partial charge is 0.497 e. The van der Waals surface area contributed by atoms with E-state index in [9.17, 15) is 4.79 Å². The van der Waals surface area contributed by atoms with E-state index in [1.54, 1.807) is 26.2 Å². The van der Waals surface area contributed by atoms with Gasteiger partial charge in [-0.05, 0) is 42.5 Å². The van der Waals surface area contributed by atoms with E-state index in [2.05, 4.69) is 10.1 Å². The third-order valence-electron chi connectivity index (χ3n) is 5.20. The van der Waals surface area contributed by atoms with Gasteiger partial charge in [-0.1, -0.05) is 5.16 Å². The Labute approximate surface area is 174 Å². The lowest BCUT2D eigenvalue weighted by Gasteiger charge is -2.18. The predicted molar refractivity (Wildman–Crippen MR) is 109 cm³/mol. The second-order valence-corrected chi connectivity index (χ2v) is 7.04. The molecule has 0 bridgehead atoms. The first-order chi connectivity index (χ1) is 14.6. The molecule has 1 atom stereocenters. The van der Waals surface area contributed by atoms with Crippen molar-refractivity contribution in [2.24, 2.45) is 0 Å². The summed E-state index contributed by atoms with van der Waals surface area (Å²) in [4.78, 5) is 18.9. The van der Waals surface area contributed by atoms with Gasteiger partial charge in [0, 0.05) is 30.6 Å². The highest BCUT2D eigenvalue weighted by molar-refractivity contribution is 5.79. The zero-order chi connectivity index (χ0) is 21.1. The lowest BCUT2D eigenvalue weighted by Crippen LogP contribution is -2.24. The van der Waals surface area contributed by atoms with Crippen LogP contribution in [0.25, 0.3) is 11.4 Å². The predicted octanol–water partition coefficient (Wildman–Crippen LogP) is 3.28. The molecule has 1 fully saturated rings. The van der Waals surface area contributed by atoms with Gasteiger partial charge < -0.3 is 23.6 Å². The Hall–Kier alpha value is -3.55. The lowest BCUT2D eigenvalue weighted by molar-refractivity contribution is -0.128. The summed E-state index contributed by atoms with van der Waals surface area (Å²) in [6.45, 7) is 0.929. The highest BCUT2D eigenvalue weighted by Gasteiger charge is 2.34. The van der Waals surface area contributed by atoms with Gasteiger partial charge in [0.2, 0.25) is 17.6 Å². The van der Waals surface area contributed by atoms with Crippen LogP contribution in [-0.2, 0) is 11.3 Å². The molecule has 2 aromatic carbocycles. The second-order valence-electron chi connectivity index (χ2n) is 7.04. The smallest absolute Gasteiger partial charge is 0.232 e. The van der Waals surface area contributed by atoms with E-state index in [-0.39, 0.29) is 11.8 Å². The Morgan fingerprint density at radius 2 is 1.77 bits per heavy atom. The molecule has 1 aliphatic rings. The van der Waals surface area contributed by atoms with Crippen LogP contribution in [0.1, 0.15) is 23.8 Å². The van der Waals surface area contributed by atoms with Crippen LogP contribution >= 0.6 is 0 Å². The topological polar surface area (TPSA) is 86.9 Å². The Kier molecular flexibility index (Phi) is 5.56. The van der Waals surface area contributed by atoms with Crippen molar-refractivity contribution >= 4 is 5.91 Å². The van der Waals surface area contributed by atoms with Gasteiger partial charge >= 0.3 is 0 Å². The molecule has 1 amide bonds. The number of rotatable bonds is 7. The average Bonchev–Trinajstić information content (AvgIpc) is 3.41. The molecule has 2 heterocycles. The third-order valence-corrected chi connectivity index (χ3v) is 5.20. The molecule has 1 unspecified atom stereocenters. The Balaban J connectivity index is 1.48. The molecule has 1 saturated heterocycles. The van der Waals surface area contributed by atoms with E-state index in [0.717, 1.165) is 22.6 Å². The van der Waals surface area contributed by atoms with Gasteiger partial charge in [-0.25, -0.2) is 0 Å². The molecule has 8 nitrogen and oxygen atoms in total. The van der Waals surface area contributed by atoms with Crippen LogP contribution in [0, 0.1) is 0 Å². The van der Waals surface area contributed by atoms with Gasteiger partial charge in [0.1, 0.15) is 17.2 Å². The summed E-state index contributed by atoms with van der Waals surface area (Å²) in [7, 11) is 4.84. The van der Waals surface area contributed by atoms with Gasteiger partial charge in [0.25, 0.3) is 0 Å². The molecule has 1 aromatic heterocycles. The number of hydrogen-bond acceptors (Lipinski definition) is 7. The highest BCUT2D eigenvalue weighted by Crippen LogP contribution is 2.32. The number of methoxy groups -OCH3 is 3. The van der Waals surface area contributed by atoms with Gasteiger partial charge in [-0.15, -0.1) is 0 Å². The number of ether oxygens (including phenoxy) is 3. The van der Waals surface area contributed by atoms with Crippen molar-refractivity contribution < 1.29 is 23.5 Å². The molecular weight excluding hydrogens is 386 g/mol. The summed E-state index contributed by atoms with van der Waals surface area (Å²) in [6.07, 6.45) is 0.330. The molecule has 0 spiro atoms. The normalized spacial score (nSPS) is 16.0. The number of aromatic nitrogens is 2. The summed E-state index contributed by atoms with van der Waals surface area (Å²) in [6, 6.07) is 13.0. The molecule has 0 radical (unpaired) electrons. The maximum Gasteiger partial charge on any atom is 0.232 e. The first-order valence-corrected chi connectivity index (χ1v) is 9.58. The van der Waals surface area contributed by atoms with Crippen LogP contribution in [0.3, 0.4) is 0 Å². The first kappa shape index (κ1) is 19.8. The van der Waals surface area contributed by atoms with E-state index in [4.69, 9.17) is 18.7 Å². The van der Waals surface area contributed by atoms with Crippen molar-refractivity contribution in [1.29, 1.82) is 0 Å². The van der Waals surface area contributed by atoms with E-state index in [1.807, 2.05) is 42.5 Å². The molecule has 1 aliphatic heterocycles. The van der Waals surface area contributed by atoms with E-state index in [1.165, 1.54) is 0 Å². The Bertz CT molecular complexity index is 1030. The molecule has 156 valence electrons. The number of likely N-dealkylation sites (tertiary alicyclic amines) is 1. The standard InChI is InChI=1S/C22H23N3O5/c1-27-17-6-4-14(5-7-17)21-23-22(30-24-21)16-11-20(26)25(13-16)12-15-10-18(28-2)8-9-19(15)29-3/h4-10,16H,11-13H2,1-3H3. The molecule has 0 aliphatic carbocycles. The highest BCUT2D eigenvalue weighted by atomic mass is 16.5. The molecular formula is C22H23N3O5. The van der Waals surface area contributed by atoms with Crippen molar-refractivity contribution in [3.05, 3.63) is 53.9 Å². The zero-order valence-corrected chi connectivity index (χ0v) is 17.1. The van der Waals surface area contributed by atoms with Crippen LogP contribution in [0.4, 0.5) is 0 Å². The minimum atomic E-state index is -0.145. The summed E-state index contributed by atoms with van der Waals surface area (Å²) in [5, 5.41) is 4.08. The minimum Gasteiger partial charge on any atom is -0.497 e. The zero-order valence-electron chi connectivity index (χ0n) is 17.1. The summed E-state index contributed by atoms with van der Waals surface area (Å²) in [5.74, 6) is 3.04. The number of amides is 1. The van der Waals surface area contributed by atoms with E-state index in [0.29, 0.717) is 37.0 Å². The van der Waals surface area contributed by atoms with Crippen molar-refractivity contribution in [3.8, 4) is 28.6 Å². The number of benzene rings is 2. The quantitative estimate of drug-likeness (QED) is 0.592. The monoisotopic (exact) mass is 409 g/mol. The van der Waals surface area contributed by atoms with Gasteiger partial charge in [-0.2, -0.15) is 4.98 Å². The van der Waals surface area contributed by atoms with Crippen molar-refractivity contribution in [2.45, 2.75) is 18.9 Å². The van der Waals surface area contributed by atoms with Crippen LogP contribution in [-0.4, -0.2) is 48.8 Å². The van der Waals surface area contributed by atoms with Crippen LogP contribution < -0.4 is 14.2 Å². The third kappa shape index (κ3) is 3.94. The van der Waals surface area contributed by atoms with Gasteiger partial charge in [0.05, 0.1) is 27.2 Å². The van der Waals surface area contributed by atoms with E-state index < -0.39 is 0 Å². The molecule has 30 heavy (non-hydrogen) atoms. The molecule has 3 aromatic rings. The first-order valence-electron chi connectivity index (χ1n) is 9.58.